The molecule has 0 saturated carbocycles. The number of nitrogens with zero attached hydrogens (tertiary/aromatic N) is 1. The van der Waals surface area contributed by atoms with E-state index in [1.54, 1.807) is 0 Å². The molecule has 0 aliphatic heterocycles. The average Bonchev–Trinajstić information content (AvgIpc) is 2.88. The summed E-state index contributed by atoms with van der Waals surface area (Å²) in [5.74, 6) is -1.59. The molecule has 0 spiro atoms. The minimum Gasteiger partial charge on any atom is -0.343 e. The number of nitrogens with two attached hydrogens (primary N) is 2. The van der Waals surface area contributed by atoms with Crippen LogP contribution < -0.4 is 27.4 Å². The molecule has 200 valence electrons. The van der Waals surface area contributed by atoms with Gasteiger partial charge in [-0.25, -0.2) is 0 Å². The quantitative estimate of drug-likeness (QED) is 0.145. The third kappa shape index (κ3) is 9.62. The zero-order valence-electron chi connectivity index (χ0n) is 21.2. The zero-order valence-corrected chi connectivity index (χ0v) is 21.2. The lowest BCUT2D eigenvalue weighted by atomic mass is 10.0. The molecule has 0 heterocycles. The third-order valence-corrected chi connectivity index (χ3v) is 5.86. The van der Waals surface area contributed by atoms with Gasteiger partial charge < -0.3 is 27.4 Å². The van der Waals surface area contributed by atoms with Crippen molar-refractivity contribution in [2.45, 2.75) is 57.7 Å². The Morgan fingerprint density at radius 3 is 2.08 bits per heavy atom. The van der Waals surface area contributed by atoms with E-state index < -0.39 is 40.8 Å². The Hall–Kier alpha value is -3.83. The molecular weight excluding hydrogens is 476 g/mol. The van der Waals surface area contributed by atoms with E-state index in [0.717, 1.165) is 5.56 Å². The molecule has 2 rings (SSSR count). The van der Waals surface area contributed by atoms with Gasteiger partial charge in [-0.2, -0.15) is 0 Å². The maximum atomic E-state index is 13.3. The number of unbranched alkanes of at least 4 members (excludes halogenated alkanes) is 1. The molecule has 0 bridgehead atoms. The monoisotopic (exact) mass is 512 g/mol. The van der Waals surface area contributed by atoms with Gasteiger partial charge in [0.15, 0.2) is 0 Å². The van der Waals surface area contributed by atoms with Crippen molar-refractivity contribution in [3.8, 4) is 0 Å². The number of benzene rings is 2. The highest BCUT2D eigenvalue weighted by Gasteiger charge is 2.29. The maximum absolute atomic E-state index is 13.3. The number of carbonyl (C=O) groups is 3. The Morgan fingerprint density at radius 2 is 1.51 bits per heavy atom. The van der Waals surface area contributed by atoms with Crippen molar-refractivity contribution in [3.63, 3.8) is 0 Å². The molecule has 2 aromatic rings. The molecule has 2 aromatic carbocycles. The highest BCUT2D eigenvalue weighted by Crippen LogP contribution is 2.16. The summed E-state index contributed by atoms with van der Waals surface area (Å²) in [6.07, 6.45) is 1.77. The van der Waals surface area contributed by atoms with Gasteiger partial charge in [-0.05, 0) is 49.4 Å². The van der Waals surface area contributed by atoms with Crippen molar-refractivity contribution >= 4 is 29.1 Å². The van der Waals surface area contributed by atoms with Crippen molar-refractivity contribution in [2.24, 2.45) is 17.4 Å². The van der Waals surface area contributed by atoms with E-state index in [0.29, 0.717) is 31.5 Å². The summed E-state index contributed by atoms with van der Waals surface area (Å²) in [6, 6.07) is 11.9. The Bertz CT molecular complexity index is 1050. The van der Waals surface area contributed by atoms with Crippen molar-refractivity contribution < 1.29 is 19.3 Å². The van der Waals surface area contributed by atoms with Crippen LogP contribution in [0.4, 0.5) is 11.4 Å². The van der Waals surface area contributed by atoms with E-state index in [9.17, 15) is 24.5 Å². The van der Waals surface area contributed by atoms with E-state index in [4.69, 9.17) is 11.5 Å². The summed E-state index contributed by atoms with van der Waals surface area (Å²) in [5.41, 5.74) is 12.7. The molecule has 0 aliphatic rings. The normalized spacial score (nSPS) is 13.3. The van der Waals surface area contributed by atoms with E-state index >= 15 is 0 Å². The molecule has 0 unspecified atom stereocenters. The number of carbonyl (C=O) groups excluding carboxylic acids is 3. The highest BCUT2D eigenvalue weighted by atomic mass is 16.6. The zero-order chi connectivity index (χ0) is 27.4. The summed E-state index contributed by atoms with van der Waals surface area (Å²) >= 11 is 0. The first-order chi connectivity index (χ1) is 17.6. The van der Waals surface area contributed by atoms with Crippen molar-refractivity contribution in [1.82, 2.24) is 10.6 Å². The molecule has 0 fully saturated rings. The standard InChI is InChI=1S/C26H36N6O5/c1-17(2)23(28)26(35)31-22(16-18-8-4-3-5-9-18)25(34)30-21(10-6-7-15-27)24(33)29-19-11-13-20(14-12-19)32(36)37/h3-5,8-9,11-14,17,21-23H,6-7,10,15-16,27-28H2,1-2H3,(H,29,33)(H,30,34)(H,31,35)/t21-,22-,23+/m0/s1. The van der Waals surface area contributed by atoms with Gasteiger partial charge in [0.05, 0.1) is 11.0 Å². The Balaban J connectivity index is 2.20. The number of non-ortho nitro benzene ring substituents is 1. The van der Waals surface area contributed by atoms with Crippen LogP contribution in [0, 0.1) is 16.0 Å². The van der Waals surface area contributed by atoms with Gasteiger partial charge in [-0.1, -0.05) is 44.2 Å². The van der Waals surface area contributed by atoms with Crippen LogP contribution in [0.15, 0.2) is 54.6 Å². The molecule has 0 saturated heterocycles. The van der Waals surface area contributed by atoms with Gasteiger partial charge in [-0.15, -0.1) is 0 Å². The Kier molecular flexibility index (Phi) is 11.7. The first-order valence-electron chi connectivity index (χ1n) is 12.3. The summed E-state index contributed by atoms with van der Waals surface area (Å²) < 4.78 is 0. The third-order valence-electron chi connectivity index (χ3n) is 5.86. The average molecular weight is 513 g/mol. The molecule has 7 N–H and O–H groups in total. The minimum absolute atomic E-state index is 0.107. The number of nitro benzene ring substituents is 1. The van der Waals surface area contributed by atoms with E-state index in [2.05, 4.69) is 16.0 Å². The van der Waals surface area contributed by atoms with E-state index in [-0.39, 0.29) is 18.0 Å². The van der Waals surface area contributed by atoms with Crippen LogP contribution in [-0.4, -0.2) is 47.3 Å². The second-order valence-corrected chi connectivity index (χ2v) is 9.16. The SMILES string of the molecule is CC(C)[C@@H](N)C(=O)N[C@@H](Cc1ccccc1)C(=O)N[C@@H](CCCCN)C(=O)Nc1ccc([N+](=O)[O-])cc1. The first kappa shape index (κ1) is 29.4. The Labute approximate surface area is 216 Å². The molecule has 3 atom stereocenters. The second-order valence-electron chi connectivity index (χ2n) is 9.16. The van der Waals surface area contributed by atoms with Crippen molar-refractivity contribution in [3.05, 3.63) is 70.3 Å². The lowest BCUT2D eigenvalue weighted by Gasteiger charge is -2.25. The topological polar surface area (TPSA) is 182 Å². The fourth-order valence-electron chi connectivity index (χ4n) is 3.56. The molecule has 11 heteroatoms. The van der Waals surface area contributed by atoms with Crippen molar-refractivity contribution in [1.29, 1.82) is 0 Å². The molecular formula is C26H36N6O5. The van der Waals surface area contributed by atoms with Gasteiger partial charge in [0.25, 0.3) is 5.69 Å². The highest BCUT2D eigenvalue weighted by molar-refractivity contribution is 5.98. The van der Waals surface area contributed by atoms with Crippen LogP contribution in [0.5, 0.6) is 0 Å². The lowest BCUT2D eigenvalue weighted by molar-refractivity contribution is -0.384. The summed E-state index contributed by atoms with van der Waals surface area (Å²) in [7, 11) is 0. The Morgan fingerprint density at radius 1 is 0.892 bits per heavy atom. The molecule has 37 heavy (non-hydrogen) atoms. The molecule has 11 nitrogen and oxygen atoms in total. The van der Waals surface area contributed by atoms with Gasteiger partial charge in [-0.3, -0.25) is 24.5 Å². The number of nitrogens with one attached hydrogen (secondary N) is 3. The predicted octanol–water partition coefficient (Wildman–Crippen LogP) is 1.86. The van der Waals surface area contributed by atoms with Crippen molar-refractivity contribution in [2.75, 3.05) is 11.9 Å². The van der Waals surface area contributed by atoms with Gasteiger partial charge in [0.1, 0.15) is 12.1 Å². The number of anilines is 1. The summed E-state index contributed by atoms with van der Waals surface area (Å²) in [5, 5.41) is 19.1. The molecule has 3 amide bonds. The fourth-order valence-corrected chi connectivity index (χ4v) is 3.56. The lowest BCUT2D eigenvalue weighted by Crippen LogP contribution is -2.56. The van der Waals surface area contributed by atoms with Crippen LogP contribution >= 0.6 is 0 Å². The first-order valence-corrected chi connectivity index (χ1v) is 12.3. The number of amides is 3. The van der Waals surface area contributed by atoms with Crippen LogP contribution in [0.25, 0.3) is 0 Å². The van der Waals surface area contributed by atoms with Gasteiger partial charge in [0.2, 0.25) is 17.7 Å². The second kappa shape index (κ2) is 14.7. The van der Waals surface area contributed by atoms with Gasteiger partial charge in [0, 0.05) is 24.2 Å². The minimum atomic E-state index is -0.955. The van der Waals surface area contributed by atoms with Crippen LogP contribution in [-0.2, 0) is 20.8 Å². The molecule has 0 aliphatic carbocycles. The summed E-state index contributed by atoms with van der Waals surface area (Å²) in [6.45, 7) is 4.06. The van der Waals surface area contributed by atoms with Crippen LogP contribution in [0.1, 0.15) is 38.7 Å². The molecule has 0 radical (unpaired) electrons. The largest absolute Gasteiger partial charge is 0.343 e. The van der Waals surface area contributed by atoms with Gasteiger partial charge >= 0.3 is 0 Å². The smallest absolute Gasteiger partial charge is 0.269 e. The number of nitro groups is 1. The van der Waals surface area contributed by atoms with E-state index in [1.165, 1.54) is 24.3 Å². The van der Waals surface area contributed by atoms with Crippen LogP contribution in [0.3, 0.4) is 0 Å². The fraction of sp³-hybridized carbons (Fsp3) is 0.423. The number of rotatable bonds is 14. The maximum Gasteiger partial charge on any atom is 0.269 e. The number of hydrogen-bond donors (Lipinski definition) is 5. The predicted molar refractivity (Wildman–Crippen MR) is 141 cm³/mol. The van der Waals surface area contributed by atoms with E-state index in [1.807, 2.05) is 44.2 Å². The summed E-state index contributed by atoms with van der Waals surface area (Å²) in [4.78, 5) is 49.4. The number of hydrogen-bond acceptors (Lipinski definition) is 7. The molecule has 0 aromatic heterocycles. The van der Waals surface area contributed by atoms with Crippen LogP contribution in [0.2, 0.25) is 0 Å².